The van der Waals surface area contributed by atoms with Crippen LogP contribution in [0.15, 0.2) is 28.0 Å². The van der Waals surface area contributed by atoms with Gasteiger partial charge in [0.05, 0.1) is 10.6 Å². The van der Waals surface area contributed by atoms with Gasteiger partial charge in [0.1, 0.15) is 24.6 Å². The highest BCUT2D eigenvalue weighted by Crippen LogP contribution is 2.26. The van der Waals surface area contributed by atoms with Gasteiger partial charge in [0, 0.05) is 5.69 Å². The van der Waals surface area contributed by atoms with Crippen LogP contribution in [0.2, 0.25) is 0 Å². The summed E-state index contributed by atoms with van der Waals surface area (Å²) in [5, 5.41) is 6.20. The van der Waals surface area contributed by atoms with Crippen molar-refractivity contribution < 1.29 is 13.9 Å². The molecule has 0 unspecified atom stereocenters. The Morgan fingerprint density at radius 2 is 2.22 bits per heavy atom. The van der Waals surface area contributed by atoms with Gasteiger partial charge < -0.3 is 9.15 Å². The minimum atomic E-state index is -0.351. The van der Waals surface area contributed by atoms with E-state index in [4.69, 9.17) is 9.15 Å². The van der Waals surface area contributed by atoms with E-state index in [1.165, 1.54) is 0 Å². The molecule has 0 aliphatic rings. The van der Waals surface area contributed by atoms with E-state index in [2.05, 4.69) is 10.1 Å². The van der Waals surface area contributed by atoms with Gasteiger partial charge in [-0.3, -0.25) is 9.48 Å². The molecule has 6 nitrogen and oxygen atoms in total. The third kappa shape index (κ3) is 3.50. The molecular formula is C16H17N3O3S. The number of rotatable bonds is 5. The molecule has 0 spiro atoms. The summed E-state index contributed by atoms with van der Waals surface area (Å²) in [4.78, 5) is 17.3. The van der Waals surface area contributed by atoms with Crippen molar-refractivity contribution in [3.63, 3.8) is 0 Å². The van der Waals surface area contributed by atoms with Gasteiger partial charge in [-0.1, -0.05) is 6.07 Å². The van der Waals surface area contributed by atoms with Crippen LogP contribution in [0.5, 0.6) is 0 Å². The minimum Gasteiger partial charge on any atom is -0.458 e. The van der Waals surface area contributed by atoms with Gasteiger partial charge in [0.25, 0.3) is 0 Å². The minimum absolute atomic E-state index is 0.0916. The third-order valence-electron chi connectivity index (χ3n) is 3.38. The van der Waals surface area contributed by atoms with Crippen molar-refractivity contribution in [1.29, 1.82) is 0 Å². The molecule has 3 aromatic rings. The maximum atomic E-state index is 12.0. The number of nitrogens with zero attached hydrogens (tertiary/aromatic N) is 3. The Kier molecular flexibility index (Phi) is 4.29. The van der Waals surface area contributed by atoms with Crippen molar-refractivity contribution in [2.45, 2.75) is 33.9 Å². The molecule has 3 aromatic heterocycles. The summed E-state index contributed by atoms with van der Waals surface area (Å²) in [6.07, 6.45) is 0. The SMILES string of the molecule is Cc1cc(C)n(CC(=O)OCc2nc(-c3cccs3)oc2C)n1. The highest BCUT2D eigenvalue weighted by Gasteiger charge is 2.15. The Bertz CT molecular complexity index is 818. The Balaban J connectivity index is 1.62. The number of carbonyl (C=O) groups excluding carboxylic acids is 1. The fraction of sp³-hybridized carbons (Fsp3) is 0.312. The molecule has 3 heterocycles. The van der Waals surface area contributed by atoms with Crippen LogP contribution in [0.1, 0.15) is 22.8 Å². The van der Waals surface area contributed by atoms with Gasteiger partial charge in [-0.2, -0.15) is 5.10 Å². The van der Waals surface area contributed by atoms with Gasteiger partial charge in [-0.25, -0.2) is 4.98 Å². The van der Waals surface area contributed by atoms with E-state index in [9.17, 15) is 4.79 Å². The molecule has 0 aliphatic carbocycles. The molecule has 0 bridgehead atoms. The molecule has 0 saturated carbocycles. The monoisotopic (exact) mass is 331 g/mol. The fourth-order valence-electron chi connectivity index (χ4n) is 2.22. The van der Waals surface area contributed by atoms with Crippen molar-refractivity contribution in [2.75, 3.05) is 0 Å². The lowest BCUT2D eigenvalue weighted by Gasteiger charge is -2.05. The number of hydrogen-bond donors (Lipinski definition) is 0. The number of aryl methyl sites for hydroxylation is 3. The van der Waals surface area contributed by atoms with E-state index in [1.54, 1.807) is 16.0 Å². The second-order valence-corrected chi connectivity index (χ2v) is 6.19. The number of oxazole rings is 1. The molecule has 0 atom stereocenters. The van der Waals surface area contributed by atoms with E-state index in [0.717, 1.165) is 16.3 Å². The Morgan fingerprint density at radius 1 is 1.39 bits per heavy atom. The third-order valence-corrected chi connectivity index (χ3v) is 4.23. The molecule has 0 aliphatic heterocycles. The second-order valence-electron chi connectivity index (χ2n) is 5.24. The van der Waals surface area contributed by atoms with E-state index in [0.29, 0.717) is 17.3 Å². The van der Waals surface area contributed by atoms with Crippen LogP contribution < -0.4 is 0 Å². The number of aromatic nitrogens is 3. The zero-order valence-corrected chi connectivity index (χ0v) is 14.0. The molecule has 0 N–H and O–H groups in total. The van der Waals surface area contributed by atoms with Crippen LogP contribution >= 0.6 is 11.3 Å². The van der Waals surface area contributed by atoms with Crippen LogP contribution in [0.3, 0.4) is 0 Å². The Labute approximate surface area is 137 Å². The summed E-state index contributed by atoms with van der Waals surface area (Å²) in [5.41, 5.74) is 2.44. The van der Waals surface area contributed by atoms with Gasteiger partial charge in [-0.15, -0.1) is 11.3 Å². The lowest BCUT2D eigenvalue weighted by atomic mass is 10.4. The van der Waals surface area contributed by atoms with E-state index >= 15 is 0 Å². The maximum absolute atomic E-state index is 12.0. The number of esters is 1. The zero-order valence-electron chi connectivity index (χ0n) is 13.2. The van der Waals surface area contributed by atoms with Gasteiger partial charge in [-0.05, 0) is 38.3 Å². The first-order chi connectivity index (χ1) is 11.0. The number of thiophene rings is 1. The second kappa shape index (κ2) is 6.37. The largest absolute Gasteiger partial charge is 0.458 e. The Morgan fingerprint density at radius 3 is 2.87 bits per heavy atom. The predicted octanol–water partition coefficient (Wildman–Crippen LogP) is 3.27. The Hall–Kier alpha value is -2.41. The predicted molar refractivity (Wildman–Crippen MR) is 86.1 cm³/mol. The first kappa shape index (κ1) is 15.5. The van der Waals surface area contributed by atoms with E-state index < -0.39 is 0 Å². The lowest BCUT2D eigenvalue weighted by Crippen LogP contribution is -2.15. The maximum Gasteiger partial charge on any atom is 0.328 e. The molecule has 0 fully saturated rings. The average Bonchev–Trinajstić information content (AvgIpc) is 3.19. The first-order valence-electron chi connectivity index (χ1n) is 7.20. The number of carbonyl (C=O) groups is 1. The summed E-state index contributed by atoms with van der Waals surface area (Å²) in [6, 6.07) is 5.80. The quantitative estimate of drug-likeness (QED) is 0.671. The van der Waals surface area contributed by atoms with Gasteiger partial charge >= 0.3 is 5.97 Å². The number of hydrogen-bond acceptors (Lipinski definition) is 6. The van der Waals surface area contributed by atoms with Crippen LogP contribution in [-0.2, 0) is 22.7 Å². The van der Waals surface area contributed by atoms with Crippen LogP contribution in [0.4, 0.5) is 0 Å². The molecular weight excluding hydrogens is 314 g/mol. The molecule has 0 aromatic carbocycles. The topological polar surface area (TPSA) is 70.2 Å². The summed E-state index contributed by atoms with van der Waals surface area (Å²) < 4.78 is 12.5. The highest BCUT2D eigenvalue weighted by atomic mass is 32.1. The summed E-state index contributed by atoms with van der Waals surface area (Å²) in [5.74, 6) is 0.866. The average molecular weight is 331 g/mol. The van der Waals surface area contributed by atoms with Crippen LogP contribution in [0.25, 0.3) is 10.8 Å². The zero-order chi connectivity index (χ0) is 16.4. The van der Waals surface area contributed by atoms with E-state index in [1.807, 2.05) is 44.4 Å². The molecule has 3 rings (SSSR count). The normalized spacial score (nSPS) is 10.9. The van der Waals surface area contributed by atoms with Crippen molar-refractivity contribution in [3.05, 3.63) is 46.4 Å². The van der Waals surface area contributed by atoms with Crippen molar-refractivity contribution in [1.82, 2.24) is 14.8 Å². The molecule has 23 heavy (non-hydrogen) atoms. The smallest absolute Gasteiger partial charge is 0.328 e. The van der Waals surface area contributed by atoms with Crippen LogP contribution in [0, 0.1) is 20.8 Å². The standard InChI is InChI=1S/C16H17N3O3S/c1-10-7-11(2)19(18-10)8-15(20)21-9-13-12(3)22-16(17-13)14-5-4-6-23-14/h4-7H,8-9H2,1-3H3. The molecule has 7 heteroatoms. The summed E-state index contributed by atoms with van der Waals surface area (Å²) in [7, 11) is 0. The summed E-state index contributed by atoms with van der Waals surface area (Å²) >= 11 is 1.55. The van der Waals surface area contributed by atoms with Crippen molar-refractivity contribution in [2.24, 2.45) is 0 Å². The van der Waals surface area contributed by atoms with Gasteiger partial charge in [0.2, 0.25) is 5.89 Å². The molecule has 0 amide bonds. The van der Waals surface area contributed by atoms with Crippen LogP contribution in [-0.4, -0.2) is 20.7 Å². The highest BCUT2D eigenvalue weighted by molar-refractivity contribution is 7.13. The van der Waals surface area contributed by atoms with E-state index in [-0.39, 0.29) is 19.1 Å². The molecule has 0 saturated heterocycles. The fourth-order valence-corrected chi connectivity index (χ4v) is 2.87. The van der Waals surface area contributed by atoms with Crippen molar-refractivity contribution in [3.8, 4) is 10.8 Å². The first-order valence-corrected chi connectivity index (χ1v) is 8.08. The number of ether oxygens (including phenoxy) is 1. The summed E-state index contributed by atoms with van der Waals surface area (Å²) in [6.45, 7) is 5.80. The molecule has 0 radical (unpaired) electrons. The lowest BCUT2D eigenvalue weighted by molar-refractivity contribution is -0.146. The van der Waals surface area contributed by atoms with Gasteiger partial charge in [0.15, 0.2) is 0 Å². The van der Waals surface area contributed by atoms with Crippen molar-refractivity contribution >= 4 is 17.3 Å². The molecule has 120 valence electrons.